The predicted octanol–water partition coefficient (Wildman–Crippen LogP) is 2.42. The van der Waals surface area contributed by atoms with Crippen molar-refractivity contribution in [3.63, 3.8) is 0 Å². The molecule has 0 spiro atoms. The molecule has 2 N–H and O–H groups in total. The van der Waals surface area contributed by atoms with Crippen LogP contribution in [0, 0.1) is 0 Å². The molecule has 0 atom stereocenters. The van der Waals surface area contributed by atoms with Crippen LogP contribution in [0.3, 0.4) is 0 Å². The molecule has 1 fully saturated rings. The molecule has 0 bridgehead atoms. The zero-order chi connectivity index (χ0) is 13.2. The maximum absolute atomic E-state index is 12.4. The molecule has 0 amide bonds. The van der Waals surface area contributed by atoms with Gasteiger partial charge in [0.25, 0.3) is 0 Å². The van der Waals surface area contributed by atoms with Crippen molar-refractivity contribution in [1.82, 2.24) is 5.01 Å². The van der Waals surface area contributed by atoms with E-state index < -0.39 is 11.7 Å². The van der Waals surface area contributed by atoms with Crippen LogP contribution in [-0.2, 0) is 6.18 Å². The second-order valence-corrected chi connectivity index (χ2v) is 4.38. The van der Waals surface area contributed by atoms with Gasteiger partial charge in [-0.1, -0.05) is 0 Å². The van der Waals surface area contributed by atoms with Crippen LogP contribution in [0.5, 0.6) is 5.75 Å². The van der Waals surface area contributed by atoms with Gasteiger partial charge in [-0.25, -0.2) is 5.01 Å². The fraction of sp³-hybridized carbons (Fsp3) is 0.500. The van der Waals surface area contributed by atoms with E-state index in [-0.39, 0.29) is 6.10 Å². The van der Waals surface area contributed by atoms with Crippen LogP contribution >= 0.6 is 0 Å². The van der Waals surface area contributed by atoms with Gasteiger partial charge in [0.05, 0.1) is 5.56 Å². The molecular weight excluding hydrogens is 245 g/mol. The molecule has 100 valence electrons. The summed E-state index contributed by atoms with van der Waals surface area (Å²) in [5, 5.41) is 1.71. The largest absolute Gasteiger partial charge is 0.490 e. The van der Waals surface area contributed by atoms with Crippen molar-refractivity contribution in [1.29, 1.82) is 0 Å². The van der Waals surface area contributed by atoms with Crippen molar-refractivity contribution in [2.75, 3.05) is 13.1 Å². The summed E-state index contributed by atoms with van der Waals surface area (Å²) in [4.78, 5) is 0. The van der Waals surface area contributed by atoms with E-state index in [4.69, 9.17) is 10.6 Å². The van der Waals surface area contributed by atoms with Crippen LogP contribution < -0.4 is 10.6 Å². The Labute approximate surface area is 103 Å². The maximum Gasteiger partial charge on any atom is 0.416 e. The average molecular weight is 260 g/mol. The van der Waals surface area contributed by atoms with Crippen LogP contribution in [0.1, 0.15) is 18.4 Å². The molecule has 1 aromatic carbocycles. The van der Waals surface area contributed by atoms with Gasteiger partial charge in [-0.05, 0) is 37.1 Å². The number of alkyl halides is 3. The Morgan fingerprint density at radius 1 is 1.11 bits per heavy atom. The van der Waals surface area contributed by atoms with E-state index in [1.165, 1.54) is 12.1 Å². The number of piperidine rings is 1. The van der Waals surface area contributed by atoms with E-state index in [2.05, 4.69) is 0 Å². The molecule has 1 aliphatic rings. The van der Waals surface area contributed by atoms with Crippen LogP contribution in [0.25, 0.3) is 0 Å². The van der Waals surface area contributed by atoms with E-state index in [9.17, 15) is 13.2 Å². The SMILES string of the molecule is NN1CCC(Oc2ccc(C(F)(F)F)cc2)CC1. The first kappa shape index (κ1) is 13.2. The molecular formula is C12H15F3N2O. The molecule has 0 aromatic heterocycles. The molecule has 0 unspecified atom stereocenters. The van der Waals surface area contributed by atoms with E-state index in [0.717, 1.165) is 38.1 Å². The zero-order valence-corrected chi connectivity index (χ0v) is 9.78. The van der Waals surface area contributed by atoms with Gasteiger partial charge in [-0.3, -0.25) is 5.84 Å². The summed E-state index contributed by atoms with van der Waals surface area (Å²) in [6, 6.07) is 4.79. The quantitative estimate of drug-likeness (QED) is 0.830. The zero-order valence-electron chi connectivity index (χ0n) is 9.78. The summed E-state index contributed by atoms with van der Waals surface area (Å²) in [7, 11) is 0. The molecule has 0 saturated carbocycles. The molecule has 1 aliphatic heterocycles. The first-order valence-electron chi connectivity index (χ1n) is 5.79. The molecule has 18 heavy (non-hydrogen) atoms. The highest BCUT2D eigenvalue weighted by atomic mass is 19.4. The third kappa shape index (κ3) is 3.36. The molecule has 0 aliphatic carbocycles. The van der Waals surface area contributed by atoms with E-state index in [1.807, 2.05) is 0 Å². The highest BCUT2D eigenvalue weighted by molar-refractivity contribution is 5.29. The number of nitrogens with zero attached hydrogens (tertiary/aromatic N) is 1. The lowest BCUT2D eigenvalue weighted by Gasteiger charge is -2.28. The van der Waals surface area contributed by atoms with Crippen molar-refractivity contribution >= 4 is 0 Å². The van der Waals surface area contributed by atoms with Gasteiger partial charge in [0.15, 0.2) is 0 Å². The number of halogens is 3. The molecule has 2 rings (SSSR count). The lowest BCUT2D eigenvalue weighted by Crippen LogP contribution is -2.42. The number of nitrogens with two attached hydrogens (primary N) is 1. The van der Waals surface area contributed by atoms with Gasteiger partial charge in [0.2, 0.25) is 0 Å². The van der Waals surface area contributed by atoms with Crippen LogP contribution in [0.15, 0.2) is 24.3 Å². The Morgan fingerprint density at radius 3 is 2.17 bits per heavy atom. The molecule has 1 heterocycles. The van der Waals surface area contributed by atoms with Gasteiger partial charge in [-0.15, -0.1) is 0 Å². The minimum absolute atomic E-state index is 0.0292. The predicted molar refractivity (Wildman–Crippen MR) is 60.9 cm³/mol. The van der Waals surface area contributed by atoms with E-state index >= 15 is 0 Å². The minimum Gasteiger partial charge on any atom is -0.490 e. The molecule has 0 radical (unpaired) electrons. The number of hydrazine groups is 1. The number of hydrogen-bond acceptors (Lipinski definition) is 3. The Morgan fingerprint density at radius 2 is 1.67 bits per heavy atom. The lowest BCUT2D eigenvalue weighted by molar-refractivity contribution is -0.137. The van der Waals surface area contributed by atoms with Gasteiger partial charge < -0.3 is 4.74 Å². The Balaban J connectivity index is 1.94. The van der Waals surface area contributed by atoms with Gasteiger partial charge in [0, 0.05) is 13.1 Å². The van der Waals surface area contributed by atoms with Crippen LogP contribution in [0.4, 0.5) is 13.2 Å². The number of ether oxygens (including phenoxy) is 1. The summed E-state index contributed by atoms with van der Waals surface area (Å²) in [5.74, 6) is 6.08. The van der Waals surface area contributed by atoms with Gasteiger partial charge >= 0.3 is 6.18 Å². The van der Waals surface area contributed by atoms with Crippen molar-refractivity contribution in [3.8, 4) is 5.75 Å². The minimum atomic E-state index is -4.30. The summed E-state index contributed by atoms with van der Waals surface area (Å²) in [6.45, 7) is 1.48. The maximum atomic E-state index is 12.4. The third-order valence-corrected chi connectivity index (χ3v) is 2.96. The van der Waals surface area contributed by atoms with E-state index in [0.29, 0.717) is 5.75 Å². The topological polar surface area (TPSA) is 38.5 Å². The van der Waals surface area contributed by atoms with Crippen molar-refractivity contribution in [2.45, 2.75) is 25.1 Å². The summed E-state index contributed by atoms with van der Waals surface area (Å²) < 4.78 is 42.7. The smallest absolute Gasteiger partial charge is 0.416 e. The highest BCUT2D eigenvalue weighted by Gasteiger charge is 2.30. The summed E-state index contributed by atoms with van der Waals surface area (Å²) in [6.07, 6.45) is -2.69. The number of rotatable bonds is 2. The van der Waals surface area contributed by atoms with Gasteiger partial charge in [0.1, 0.15) is 11.9 Å². The first-order valence-corrected chi connectivity index (χ1v) is 5.79. The monoisotopic (exact) mass is 260 g/mol. The molecule has 1 saturated heterocycles. The van der Waals surface area contributed by atoms with Crippen molar-refractivity contribution in [2.24, 2.45) is 5.84 Å². The number of benzene rings is 1. The van der Waals surface area contributed by atoms with Crippen molar-refractivity contribution in [3.05, 3.63) is 29.8 Å². The summed E-state index contributed by atoms with van der Waals surface area (Å²) >= 11 is 0. The standard InChI is InChI=1S/C12H15F3N2O/c13-12(14,15)9-1-3-10(4-2-9)18-11-5-7-17(16)8-6-11/h1-4,11H,5-8,16H2. The fourth-order valence-corrected chi connectivity index (χ4v) is 1.91. The third-order valence-electron chi connectivity index (χ3n) is 2.96. The second-order valence-electron chi connectivity index (χ2n) is 4.38. The Bertz CT molecular complexity index is 383. The average Bonchev–Trinajstić information content (AvgIpc) is 2.32. The van der Waals surface area contributed by atoms with E-state index in [1.54, 1.807) is 5.01 Å². The molecule has 1 aromatic rings. The van der Waals surface area contributed by atoms with Crippen LogP contribution in [0.2, 0.25) is 0 Å². The molecule has 6 heteroatoms. The molecule has 3 nitrogen and oxygen atoms in total. The van der Waals surface area contributed by atoms with Crippen LogP contribution in [-0.4, -0.2) is 24.2 Å². The Hall–Kier alpha value is -1.27. The fourth-order valence-electron chi connectivity index (χ4n) is 1.91. The second kappa shape index (κ2) is 5.16. The lowest BCUT2D eigenvalue weighted by atomic mass is 10.1. The van der Waals surface area contributed by atoms with Crippen molar-refractivity contribution < 1.29 is 17.9 Å². The normalized spacial score (nSPS) is 18.9. The summed E-state index contributed by atoms with van der Waals surface area (Å²) in [5.41, 5.74) is -0.661. The highest BCUT2D eigenvalue weighted by Crippen LogP contribution is 2.30. The Kier molecular flexibility index (Phi) is 3.77. The number of hydrogen-bond donors (Lipinski definition) is 1. The van der Waals surface area contributed by atoms with Gasteiger partial charge in [-0.2, -0.15) is 13.2 Å². The first-order chi connectivity index (χ1) is 8.45.